The van der Waals surface area contributed by atoms with Crippen LogP contribution >= 0.6 is 0 Å². The summed E-state index contributed by atoms with van der Waals surface area (Å²) >= 11 is 0. The van der Waals surface area contributed by atoms with Crippen molar-refractivity contribution in [1.82, 2.24) is 9.88 Å². The van der Waals surface area contributed by atoms with Crippen LogP contribution in [0.25, 0.3) is 0 Å². The molecular formula is C15H28ClN3O2. The first-order valence-corrected chi connectivity index (χ1v) is 7.32. The second-order valence-electron chi connectivity index (χ2n) is 6.35. The van der Waals surface area contributed by atoms with Gasteiger partial charge in [0.2, 0.25) is 6.33 Å². The molecule has 5 nitrogen and oxygen atoms in total. The van der Waals surface area contributed by atoms with Gasteiger partial charge in [0.1, 0.15) is 12.4 Å². The highest BCUT2D eigenvalue weighted by Crippen LogP contribution is 2.18. The molecule has 2 N–H and O–H groups in total. The molecule has 1 aromatic rings. The average Bonchev–Trinajstić information content (AvgIpc) is 2.79. The Bertz CT molecular complexity index is 427. The Balaban J connectivity index is 0.00000400. The molecule has 0 spiro atoms. The number of amides is 1. The quantitative estimate of drug-likeness (QED) is 0.577. The Morgan fingerprint density at radius 1 is 1.43 bits per heavy atom. The van der Waals surface area contributed by atoms with Crippen molar-refractivity contribution >= 4 is 5.91 Å². The number of hydrogen-bond donors (Lipinski definition) is 2. The second kappa shape index (κ2) is 9.05. The van der Waals surface area contributed by atoms with E-state index in [4.69, 9.17) is 0 Å². The zero-order valence-electron chi connectivity index (χ0n) is 13.5. The van der Waals surface area contributed by atoms with Crippen LogP contribution in [0.1, 0.15) is 40.5 Å². The van der Waals surface area contributed by atoms with Crippen LogP contribution in [0.5, 0.6) is 0 Å². The largest absolute Gasteiger partial charge is 1.00 e. The summed E-state index contributed by atoms with van der Waals surface area (Å²) in [7, 11) is 0. The van der Waals surface area contributed by atoms with Crippen LogP contribution in [0.15, 0.2) is 18.7 Å². The van der Waals surface area contributed by atoms with E-state index < -0.39 is 0 Å². The summed E-state index contributed by atoms with van der Waals surface area (Å²) in [5, 5.41) is 12.2. The number of rotatable bonds is 7. The molecule has 0 saturated carbocycles. The number of carbonyl (C=O) groups is 1. The highest BCUT2D eigenvalue weighted by Gasteiger charge is 2.26. The summed E-state index contributed by atoms with van der Waals surface area (Å²) in [6.07, 6.45) is 8.12. The Labute approximate surface area is 133 Å². The zero-order chi connectivity index (χ0) is 15.2. The van der Waals surface area contributed by atoms with Gasteiger partial charge in [0.15, 0.2) is 6.54 Å². The van der Waals surface area contributed by atoms with E-state index in [0.717, 1.165) is 19.4 Å². The molecule has 1 heterocycles. The normalized spacial score (nSPS) is 12.6. The van der Waals surface area contributed by atoms with E-state index in [2.05, 4.69) is 16.8 Å². The predicted molar refractivity (Wildman–Crippen MR) is 78.0 cm³/mol. The number of nitrogens with zero attached hydrogens (tertiary/aromatic N) is 2. The van der Waals surface area contributed by atoms with Gasteiger partial charge in [0.25, 0.3) is 5.91 Å². The minimum absolute atomic E-state index is 0. The van der Waals surface area contributed by atoms with Gasteiger partial charge in [-0.3, -0.25) is 4.79 Å². The Hall–Kier alpha value is -1.07. The molecule has 21 heavy (non-hydrogen) atoms. The van der Waals surface area contributed by atoms with E-state index in [1.807, 2.05) is 44.1 Å². The van der Waals surface area contributed by atoms with Crippen molar-refractivity contribution in [3.05, 3.63) is 18.7 Å². The first kappa shape index (κ1) is 19.9. The number of nitrogens with one attached hydrogen (secondary N) is 1. The lowest BCUT2D eigenvalue weighted by molar-refractivity contribution is -0.684. The number of aliphatic hydroxyl groups is 1. The third-order valence-electron chi connectivity index (χ3n) is 3.41. The smallest absolute Gasteiger partial charge is 0.262 e. The minimum atomic E-state index is -0.224. The summed E-state index contributed by atoms with van der Waals surface area (Å²) in [6.45, 7) is 9.38. The SMILES string of the molecule is CCCCn1cc[n+](CC(=O)N[C@H](CO)C(C)(C)C)c1.[Cl-]. The van der Waals surface area contributed by atoms with Gasteiger partial charge in [-0.25, -0.2) is 9.13 Å². The summed E-state index contributed by atoms with van der Waals surface area (Å²) in [4.78, 5) is 12.0. The molecule has 1 rings (SSSR count). The maximum absolute atomic E-state index is 12.0. The summed E-state index contributed by atoms with van der Waals surface area (Å²) < 4.78 is 3.95. The molecule has 6 heteroatoms. The third-order valence-corrected chi connectivity index (χ3v) is 3.41. The van der Waals surface area contributed by atoms with Gasteiger partial charge in [0, 0.05) is 0 Å². The monoisotopic (exact) mass is 317 g/mol. The molecule has 1 aromatic heterocycles. The number of aryl methyl sites for hydroxylation is 1. The third kappa shape index (κ3) is 6.96. The lowest BCUT2D eigenvalue weighted by atomic mass is 9.87. The lowest BCUT2D eigenvalue weighted by Gasteiger charge is -2.29. The average molecular weight is 318 g/mol. The maximum Gasteiger partial charge on any atom is 0.262 e. The zero-order valence-corrected chi connectivity index (χ0v) is 14.2. The van der Waals surface area contributed by atoms with Gasteiger partial charge in [-0.2, -0.15) is 0 Å². The summed E-state index contributed by atoms with van der Waals surface area (Å²) in [5.74, 6) is -0.0720. The van der Waals surface area contributed by atoms with E-state index in [1.54, 1.807) is 0 Å². The fraction of sp³-hybridized carbons (Fsp3) is 0.733. The molecule has 0 unspecified atom stereocenters. The van der Waals surface area contributed by atoms with Gasteiger partial charge in [-0.1, -0.05) is 34.1 Å². The van der Waals surface area contributed by atoms with Crippen molar-refractivity contribution < 1.29 is 26.9 Å². The van der Waals surface area contributed by atoms with E-state index in [9.17, 15) is 9.90 Å². The van der Waals surface area contributed by atoms with Crippen LogP contribution < -0.4 is 22.3 Å². The van der Waals surface area contributed by atoms with Crippen LogP contribution in [0.2, 0.25) is 0 Å². The first-order valence-electron chi connectivity index (χ1n) is 7.32. The van der Waals surface area contributed by atoms with Crippen molar-refractivity contribution in [2.24, 2.45) is 5.41 Å². The molecule has 122 valence electrons. The van der Waals surface area contributed by atoms with Crippen molar-refractivity contribution in [2.75, 3.05) is 6.61 Å². The van der Waals surface area contributed by atoms with Crippen LogP contribution in [0.4, 0.5) is 0 Å². The van der Waals surface area contributed by atoms with E-state index in [0.29, 0.717) is 0 Å². The number of aromatic nitrogens is 2. The molecular weight excluding hydrogens is 290 g/mol. The van der Waals surface area contributed by atoms with E-state index >= 15 is 0 Å². The van der Waals surface area contributed by atoms with Crippen LogP contribution in [0, 0.1) is 5.41 Å². The molecule has 0 saturated heterocycles. The molecule has 0 aliphatic rings. The summed E-state index contributed by atoms with van der Waals surface area (Å²) in [5.41, 5.74) is -0.151. The van der Waals surface area contributed by atoms with Gasteiger partial charge in [0.05, 0.1) is 19.2 Å². The Morgan fingerprint density at radius 2 is 2.10 bits per heavy atom. The molecule has 0 aliphatic carbocycles. The Morgan fingerprint density at radius 3 is 2.62 bits per heavy atom. The molecule has 0 fully saturated rings. The molecule has 0 radical (unpaired) electrons. The highest BCUT2D eigenvalue weighted by molar-refractivity contribution is 5.74. The van der Waals surface area contributed by atoms with Gasteiger partial charge < -0.3 is 22.8 Å². The van der Waals surface area contributed by atoms with Crippen molar-refractivity contribution in [2.45, 2.75) is 59.7 Å². The molecule has 0 bridgehead atoms. The number of carbonyl (C=O) groups excluding carboxylic acids is 1. The van der Waals surface area contributed by atoms with Crippen LogP contribution in [-0.2, 0) is 17.9 Å². The summed E-state index contributed by atoms with van der Waals surface area (Å²) in [6, 6.07) is -0.224. The van der Waals surface area contributed by atoms with Crippen molar-refractivity contribution in [1.29, 1.82) is 0 Å². The van der Waals surface area contributed by atoms with Gasteiger partial charge in [-0.05, 0) is 11.8 Å². The molecule has 0 aromatic carbocycles. The topological polar surface area (TPSA) is 58.1 Å². The van der Waals surface area contributed by atoms with E-state index in [1.165, 1.54) is 0 Å². The number of aliphatic hydroxyl groups excluding tert-OH is 1. The first-order chi connectivity index (χ1) is 9.36. The fourth-order valence-electron chi connectivity index (χ4n) is 1.95. The molecule has 0 aliphatic heterocycles. The number of unbranched alkanes of at least 4 members (excludes halogenated alkanes) is 1. The van der Waals surface area contributed by atoms with Gasteiger partial charge >= 0.3 is 0 Å². The van der Waals surface area contributed by atoms with E-state index in [-0.39, 0.29) is 42.9 Å². The van der Waals surface area contributed by atoms with Crippen molar-refractivity contribution in [3.8, 4) is 0 Å². The number of imidazole rings is 1. The molecule has 1 atom stereocenters. The van der Waals surface area contributed by atoms with Crippen LogP contribution in [-0.4, -0.2) is 28.2 Å². The molecule has 1 amide bonds. The maximum atomic E-state index is 12.0. The lowest BCUT2D eigenvalue weighted by Crippen LogP contribution is -3.00. The van der Waals surface area contributed by atoms with Crippen molar-refractivity contribution in [3.63, 3.8) is 0 Å². The number of hydrogen-bond acceptors (Lipinski definition) is 2. The van der Waals surface area contributed by atoms with Gasteiger partial charge in [-0.15, -0.1) is 0 Å². The fourth-order valence-corrected chi connectivity index (χ4v) is 1.95. The minimum Gasteiger partial charge on any atom is -1.00 e. The van der Waals surface area contributed by atoms with Crippen LogP contribution in [0.3, 0.4) is 0 Å². The second-order valence-corrected chi connectivity index (χ2v) is 6.35. The predicted octanol–water partition coefficient (Wildman–Crippen LogP) is -1.90. The standard InChI is InChI=1S/C15H27N3O2.ClH/c1-5-6-7-17-8-9-18(12-17)10-14(20)16-13(11-19)15(2,3)4;/h8-9,12-13,19H,5-7,10-11H2,1-4H3;1H/t13-;/m1./s1. The Kier molecular flexibility index (Phi) is 8.59. The highest BCUT2D eigenvalue weighted by atomic mass is 35.5. The number of halogens is 1.